The summed E-state index contributed by atoms with van der Waals surface area (Å²) in [5.74, 6) is 1.56. The van der Waals surface area contributed by atoms with Gasteiger partial charge >= 0.3 is 0 Å². The Morgan fingerprint density at radius 1 is 1.30 bits per heavy atom. The molecule has 1 aliphatic rings. The lowest BCUT2D eigenvalue weighted by molar-refractivity contribution is 0.222. The van der Waals surface area contributed by atoms with Gasteiger partial charge in [-0.15, -0.1) is 0 Å². The van der Waals surface area contributed by atoms with E-state index < -0.39 is 0 Å². The average molecular weight is 318 g/mol. The molecule has 2 atom stereocenters. The molecule has 1 saturated carbocycles. The number of anilines is 2. The standard InChI is InChI=1S/C14H21Cl2N3O/c1-2-6-17-13-10(15)7-11(16)14(19-13)18-12-5-3-4-9(12)8-20/h7,9,12,20H,2-6,8H2,1H3,(H2,17,18,19). The van der Waals surface area contributed by atoms with Gasteiger partial charge in [0.2, 0.25) is 0 Å². The van der Waals surface area contributed by atoms with Crippen LogP contribution in [0.4, 0.5) is 11.6 Å². The highest BCUT2D eigenvalue weighted by Crippen LogP contribution is 2.33. The summed E-state index contributed by atoms with van der Waals surface area (Å²) in [6.45, 7) is 3.10. The first kappa shape index (κ1) is 15.7. The predicted molar refractivity (Wildman–Crippen MR) is 84.9 cm³/mol. The van der Waals surface area contributed by atoms with Crippen LogP contribution in [0.25, 0.3) is 0 Å². The fourth-order valence-corrected chi connectivity index (χ4v) is 3.04. The second-order valence-corrected chi connectivity index (χ2v) is 6.01. The number of rotatable bonds is 6. The van der Waals surface area contributed by atoms with E-state index in [0.29, 0.717) is 21.7 Å². The second-order valence-electron chi connectivity index (χ2n) is 5.20. The molecule has 1 heterocycles. The number of hydrogen-bond donors (Lipinski definition) is 3. The Morgan fingerprint density at radius 2 is 2.05 bits per heavy atom. The highest BCUT2D eigenvalue weighted by atomic mass is 35.5. The minimum atomic E-state index is 0.198. The Balaban J connectivity index is 2.14. The smallest absolute Gasteiger partial charge is 0.147 e. The lowest BCUT2D eigenvalue weighted by Crippen LogP contribution is -2.27. The van der Waals surface area contributed by atoms with E-state index in [1.54, 1.807) is 6.07 Å². The van der Waals surface area contributed by atoms with Crippen LogP contribution >= 0.6 is 23.2 Å². The zero-order valence-corrected chi connectivity index (χ0v) is 13.1. The number of halogens is 2. The average Bonchev–Trinajstić information content (AvgIpc) is 2.87. The summed E-state index contributed by atoms with van der Waals surface area (Å²) >= 11 is 12.3. The highest BCUT2D eigenvalue weighted by molar-refractivity contribution is 6.37. The van der Waals surface area contributed by atoms with Crippen LogP contribution in [0.2, 0.25) is 10.0 Å². The number of hydrogen-bond acceptors (Lipinski definition) is 4. The summed E-state index contributed by atoms with van der Waals surface area (Å²) in [6.07, 6.45) is 4.19. The van der Waals surface area contributed by atoms with Gasteiger partial charge in [-0.25, -0.2) is 4.98 Å². The number of aromatic nitrogens is 1. The van der Waals surface area contributed by atoms with Gasteiger partial charge < -0.3 is 15.7 Å². The van der Waals surface area contributed by atoms with Gasteiger partial charge in [0.1, 0.15) is 11.6 Å². The molecule has 1 fully saturated rings. The Kier molecular flexibility index (Phi) is 5.75. The van der Waals surface area contributed by atoms with Gasteiger partial charge in [-0.05, 0) is 25.3 Å². The maximum atomic E-state index is 9.37. The number of nitrogens with zero attached hydrogens (tertiary/aromatic N) is 1. The summed E-state index contributed by atoms with van der Waals surface area (Å²) in [7, 11) is 0. The largest absolute Gasteiger partial charge is 0.396 e. The van der Waals surface area contributed by atoms with Crippen molar-refractivity contribution in [3.63, 3.8) is 0 Å². The van der Waals surface area contributed by atoms with Gasteiger partial charge in [0.25, 0.3) is 0 Å². The molecule has 0 radical (unpaired) electrons. The number of aliphatic hydroxyl groups excluding tert-OH is 1. The van der Waals surface area contributed by atoms with E-state index in [1.807, 2.05) is 0 Å². The quantitative estimate of drug-likeness (QED) is 0.747. The number of nitrogens with one attached hydrogen (secondary N) is 2. The van der Waals surface area contributed by atoms with Gasteiger partial charge in [0.15, 0.2) is 0 Å². The Hall–Kier alpha value is -0.710. The zero-order valence-electron chi connectivity index (χ0n) is 11.6. The lowest BCUT2D eigenvalue weighted by atomic mass is 10.1. The topological polar surface area (TPSA) is 57.2 Å². The van der Waals surface area contributed by atoms with Crippen molar-refractivity contribution in [2.24, 2.45) is 5.92 Å². The molecule has 112 valence electrons. The van der Waals surface area contributed by atoms with E-state index in [0.717, 1.165) is 32.2 Å². The third-order valence-electron chi connectivity index (χ3n) is 3.69. The number of pyridine rings is 1. The number of aliphatic hydroxyl groups is 1. The van der Waals surface area contributed by atoms with Crippen molar-refractivity contribution in [3.05, 3.63) is 16.1 Å². The first-order chi connectivity index (χ1) is 9.65. The minimum absolute atomic E-state index is 0.198. The molecule has 0 aromatic carbocycles. The van der Waals surface area contributed by atoms with Crippen molar-refractivity contribution in [2.75, 3.05) is 23.8 Å². The van der Waals surface area contributed by atoms with Crippen LogP contribution in [-0.2, 0) is 0 Å². The first-order valence-corrected chi connectivity index (χ1v) is 7.88. The predicted octanol–water partition coefficient (Wildman–Crippen LogP) is 3.78. The van der Waals surface area contributed by atoms with E-state index in [9.17, 15) is 5.11 Å². The Labute approximate surface area is 129 Å². The monoisotopic (exact) mass is 317 g/mol. The molecule has 6 heteroatoms. The molecule has 0 amide bonds. The maximum Gasteiger partial charge on any atom is 0.147 e. The van der Waals surface area contributed by atoms with Crippen molar-refractivity contribution in [3.8, 4) is 0 Å². The summed E-state index contributed by atoms with van der Waals surface area (Å²) in [5, 5.41) is 17.0. The summed E-state index contributed by atoms with van der Waals surface area (Å²) in [6, 6.07) is 1.93. The molecule has 20 heavy (non-hydrogen) atoms. The summed E-state index contributed by atoms with van der Waals surface area (Å²) in [4.78, 5) is 4.47. The van der Waals surface area contributed by atoms with Gasteiger partial charge in [0, 0.05) is 25.1 Å². The Bertz CT molecular complexity index is 456. The van der Waals surface area contributed by atoms with Gasteiger partial charge in [-0.1, -0.05) is 36.5 Å². The highest BCUT2D eigenvalue weighted by Gasteiger charge is 2.27. The molecule has 0 bridgehead atoms. The van der Waals surface area contributed by atoms with Crippen LogP contribution in [0.15, 0.2) is 6.07 Å². The molecular formula is C14H21Cl2N3O. The van der Waals surface area contributed by atoms with Crippen molar-refractivity contribution < 1.29 is 5.11 Å². The summed E-state index contributed by atoms with van der Waals surface area (Å²) in [5.41, 5.74) is 0. The molecule has 4 nitrogen and oxygen atoms in total. The van der Waals surface area contributed by atoms with Gasteiger partial charge in [-0.2, -0.15) is 0 Å². The van der Waals surface area contributed by atoms with Crippen LogP contribution in [0.3, 0.4) is 0 Å². The molecule has 3 N–H and O–H groups in total. The molecule has 1 aromatic heterocycles. The first-order valence-electron chi connectivity index (χ1n) is 7.13. The van der Waals surface area contributed by atoms with E-state index in [-0.39, 0.29) is 18.6 Å². The molecule has 2 rings (SSSR count). The third-order valence-corrected chi connectivity index (χ3v) is 4.26. The third kappa shape index (κ3) is 3.68. The zero-order chi connectivity index (χ0) is 14.5. The fraction of sp³-hybridized carbons (Fsp3) is 0.643. The van der Waals surface area contributed by atoms with Crippen LogP contribution < -0.4 is 10.6 Å². The fourth-order valence-electron chi connectivity index (χ4n) is 2.56. The molecule has 2 unspecified atom stereocenters. The van der Waals surface area contributed by atoms with E-state index in [4.69, 9.17) is 23.2 Å². The summed E-state index contributed by atoms with van der Waals surface area (Å²) < 4.78 is 0. The molecule has 1 aromatic rings. The van der Waals surface area contributed by atoms with Gasteiger partial charge in [0.05, 0.1) is 10.0 Å². The van der Waals surface area contributed by atoms with Crippen molar-refractivity contribution in [1.29, 1.82) is 0 Å². The second kappa shape index (κ2) is 7.34. The SMILES string of the molecule is CCCNc1nc(NC2CCCC2CO)c(Cl)cc1Cl. The van der Waals surface area contributed by atoms with E-state index in [2.05, 4.69) is 22.5 Å². The van der Waals surface area contributed by atoms with Crippen molar-refractivity contribution in [1.82, 2.24) is 4.98 Å². The minimum Gasteiger partial charge on any atom is -0.396 e. The van der Waals surface area contributed by atoms with Crippen LogP contribution in [0, 0.1) is 5.92 Å². The molecule has 0 aliphatic heterocycles. The van der Waals surface area contributed by atoms with Crippen molar-refractivity contribution >= 4 is 34.8 Å². The maximum absolute atomic E-state index is 9.37. The van der Waals surface area contributed by atoms with Gasteiger partial charge in [-0.3, -0.25) is 0 Å². The van der Waals surface area contributed by atoms with E-state index in [1.165, 1.54) is 0 Å². The Morgan fingerprint density at radius 3 is 2.75 bits per heavy atom. The van der Waals surface area contributed by atoms with E-state index >= 15 is 0 Å². The molecule has 0 spiro atoms. The molecule has 0 saturated heterocycles. The van der Waals surface area contributed by atoms with Crippen LogP contribution in [-0.4, -0.2) is 29.3 Å². The normalized spacial score (nSPS) is 22.0. The van der Waals surface area contributed by atoms with Crippen LogP contribution in [0.1, 0.15) is 32.6 Å². The molecule has 1 aliphatic carbocycles. The van der Waals surface area contributed by atoms with Crippen molar-refractivity contribution in [2.45, 2.75) is 38.6 Å². The lowest BCUT2D eigenvalue weighted by Gasteiger charge is -2.21. The molecular weight excluding hydrogens is 297 g/mol. The van der Waals surface area contributed by atoms with Crippen LogP contribution in [0.5, 0.6) is 0 Å².